The quantitative estimate of drug-likeness (QED) is 0.205. The van der Waals surface area contributed by atoms with Gasteiger partial charge in [-0.3, -0.25) is 34.1 Å². The number of para-hydroxylation sites is 1. The average Bonchev–Trinajstić information content (AvgIpc) is 3.65. The second-order valence-corrected chi connectivity index (χ2v) is 13.1. The second-order valence-electron chi connectivity index (χ2n) is 11.9. The summed E-state index contributed by atoms with van der Waals surface area (Å²) in [5.41, 5.74) is 1.64. The second kappa shape index (κ2) is 15.3. The van der Waals surface area contributed by atoms with Gasteiger partial charge >= 0.3 is 0 Å². The Morgan fingerprint density at radius 2 is 1.38 bits per heavy atom. The summed E-state index contributed by atoms with van der Waals surface area (Å²) in [6.45, 7) is 6.27. The van der Waals surface area contributed by atoms with E-state index in [1.165, 1.54) is 11.8 Å². The van der Waals surface area contributed by atoms with Crippen molar-refractivity contribution in [3.8, 4) is 0 Å². The number of rotatable bonds is 4. The van der Waals surface area contributed by atoms with Crippen LogP contribution in [0.25, 0.3) is 10.9 Å². The van der Waals surface area contributed by atoms with Gasteiger partial charge in [0.1, 0.15) is 12.1 Å². The van der Waals surface area contributed by atoms with E-state index in [9.17, 15) is 28.8 Å². The van der Waals surface area contributed by atoms with Crippen LogP contribution in [0.5, 0.6) is 0 Å². The Balaban J connectivity index is 1.54. The van der Waals surface area contributed by atoms with Crippen LogP contribution in [0.2, 0.25) is 0 Å². The lowest BCUT2D eigenvalue weighted by molar-refractivity contribution is -0.132. The SMILES string of the molecule is CC(C)C1NC(=O)CNC(=O)[C@H](Cc2c[nH]c3ccccc23)NC(=O)CNC(=O)[C@@H]2CSC(N2)C(C(C)C)NC(=O)CNC1=O. The molecule has 2 saturated heterocycles. The van der Waals surface area contributed by atoms with Gasteiger partial charge in [-0.2, -0.15) is 0 Å². The Morgan fingerprint density at radius 3 is 2.07 bits per heavy atom. The highest BCUT2D eigenvalue weighted by atomic mass is 32.2. The number of fused-ring (bicyclic) bond motifs is 3. The molecule has 4 rings (SSSR count). The molecule has 2 aromatic rings. The maximum absolute atomic E-state index is 13.3. The minimum absolute atomic E-state index is 0.00525. The fraction of sp³-hybridized carbons (Fsp3) is 0.533. The number of carbonyl (C=O) groups excluding carboxylic acids is 6. The topological polar surface area (TPSA) is 202 Å². The van der Waals surface area contributed by atoms with Gasteiger partial charge in [0, 0.05) is 29.3 Å². The average molecular weight is 643 g/mol. The van der Waals surface area contributed by atoms with E-state index in [0.29, 0.717) is 5.75 Å². The van der Waals surface area contributed by atoms with Crippen LogP contribution < -0.4 is 37.2 Å². The summed E-state index contributed by atoms with van der Waals surface area (Å²) in [7, 11) is 0. The van der Waals surface area contributed by atoms with Gasteiger partial charge in [0.2, 0.25) is 35.4 Å². The molecule has 2 bridgehead atoms. The summed E-state index contributed by atoms with van der Waals surface area (Å²) in [5, 5.41) is 19.9. The van der Waals surface area contributed by atoms with Gasteiger partial charge in [-0.05, 0) is 23.5 Å². The van der Waals surface area contributed by atoms with Crippen molar-refractivity contribution in [2.75, 3.05) is 25.4 Å². The molecular formula is C30H42N8O6S. The molecule has 1 aromatic carbocycles. The lowest BCUT2D eigenvalue weighted by Crippen LogP contribution is -2.56. The van der Waals surface area contributed by atoms with Gasteiger partial charge in [-0.1, -0.05) is 45.9 Å². The normalized spacial score (nSPS) is 26.4. The number of aromatic amines is 1. The molecule has 0 radical (unpaired) electrons. The van der Waals surface area contributed by atoms with E-state index in [1.807, 2.05) is 38.1 Å². The zero-order valence-corrected chi connectivity index (χ0v) is 26.6. The lowest BCUT2D eigenvalue weighted by Gasteiger charge is -2.28. The number of carbonyl (C=O) groups is 6. The number of hydrogen-bond donors (Lipinski definition) is 8. The molecule has 8 N–H and O–H groups in total. The van der Waals surface area contributed by atoms with Crippen molar-refractivity contribution in [3.63, 3.8) is 0 Å². The van der Waals surface area contributed by atoms with Crippen molar-refractivity contribution < 1.29 is 28.8 Å². The first kappa shape index (κ1) is 33.8. The van der Waals surface area contributed by atoms with Gasteiger partial charge < -0.3 is 36.9 Å². The Bertz CT molecular complexity index is 1430. The van der Waals surface area contributed by atoms with Crippen molar-refractivity contribution in [2.45, 2.75) is 63.7 Å². The third-order valence-corrected chi connectivity index (χ3v) is 9.10. The number of amides is 6. The number of hydrogen-bond acceptors (Lipinski definition) is 8. The molecule has 3 unspecified atom stereocenters. The van der Waals surface area contributed by atoms with Crippen LogP contribution in [0.4, 0.5) is 0 Å². The molecule has 3 heterocycles. The van der Waals surface area contributed by atoms with Gasteiger partial charge in [-0.15, -0.1) is 11.8 Å². The molecule has 2 fully saturated rings. The first-order valence-electron chi connectivity index (χ1n) is 15.1. The third kappa shape index (κ3) is 8.97. The highest BCUT2D eigenvalue weighted by molar-refractivity contribution is 8.00. The van der Waals surface area contributed by atoms with Crippen LogP contribution in [0, 0.1) is 11.8 Å². The van der Waals surface area contributed by atoms with Crippen LogP contribution in [0.1, 0.15) is 33.3 Å². The summed E-state index contributed by atoms with van der Waals surface area (Å²) >= 11 is 1.48. The molecule has 2 aliphatic heterocycles. The van der Waals surface area contributed by atoms with E-state index < -0.39 is 54.2 Å². The van der Waals surface area contributed by atoms with E-state index in [-0.39, 0.29) is 48.7 Å². The van der Waals surface area contributed by atoms with Crippen LogP contribution >= 0.6 is 11.8 Å². The molecule has 1 aromatic heterocycles. The fourth-order valence-corrected chi connectivity index (χ4v) is 6.77. The fourth-order valence-electron chi connectivity index (χ4n) is 5.27. The predicted octanol–water partition coefficient (Wildman–Crippen LogP) is -1.13. The van der Waals surface area contributed by atoms with Crippen molar-refractivity contribution in [1.82, 2.24) is 42.2 Å². The van der Waals surface area contributed by atoms with Crippen LogP contribution in [-0.2, 0) is 35.2 Å². The smallest absolute Gasteiger partial charge is 0.243 e. The summed E-state index contributed by atoms with van der Waals surface area (Å²) in [6.07, 6.45) is 1.88. The number of aromatic nitrogens is 1. The van der Waals surface area contributed by atoms with Gasteiger partial charge in [0.25, 0.3) is 0 Å². The number of thioether (sulfide) groups is 1. The Labute approximate surface area is 265 Å². The van der Waals surface area contributed by atoms with Crippen molar-refractivity contribution in [3.05, 3.63) is 36.0 Å². The standard InChI is InChI=1S/C30H42N8O6S/c1-15(2)25-29(44)34-13-24(41)38-26(16(3)4)30-36-21(14-45-30)28(43)33-11-22(39)35-20(27(42)32-12-23(40)37-25)9-17-10-31-19-8-6-5-7-18(17)19/h5-8,10,15-16,20-21,25-26,30-31,36H,9,11-14H2,1-4H3,(H,32,42)(H,33,43)(H,34,44)(H,35,39)(H,37,40)(H,38,41)/t20-,21-,25?,26?,30?/m0/s1. The summed E-state index contributed by atoms with van der Waals surface area (Å²) in [6, 6.07) is 4.56. The minimum Gasteiger partial charge on any atom is -0.361 e. The highest BCUT2D eigenvalue weighted by Crippen LogP contribution is 2.25. The van der Waals surface area contributed by atoms with Gasteiger partial charge in [0.15, 0.2) is 0 Å². The largest absolute Gasteiger partial charge is 0.361 e. The highest BCUT2D eigenvalue weighted by Gasteiger charge is 2.37. The first-order chi connectivity index (χ1) is 21.4. The lowest BCUT2D eigenvalue weighted by atomic mass is 10.0. The molecule has 0 spiro atoms. The number of nitrogens with one attached hydrogen (secondary N) is 8. The van der Waals surface area contributed by atoms with E-state index in [4.69, 9.17) is 0 Å². The molecular weight excluding hydrogens is 600 g/mol. The molecule has 0 saturated carbocycles. The maximum atomic E-state index is 13.3. The number of H-pyrrole nitrogens is 1. The molecule has 14 nitrogen and oxygen atoms in total. The first-order valence-corrected chi connectivity index (χ1v) is 16.1. The van der Waals surface area contributed by atoms with Gasteiger partial charge in [-0.25, -0.2) is 0 Å². The monoisotopic (exact) mass is 642 g/mol. The van der Waals surface area contributed by atoms with Crippen molar-refractivity contribution >= 4 is 58.1 Å². The minimum atomic E-state index is -1.06. The van der Waals surface area contributed by atoms with Crippen LogP contribution in [-0.4, -0.2) is 95.4 Å². The molecule has 5 atom stereocenters. The van der Waals surface area contributed by atoms with E-state index in [2.05, 4.69) is 42.2 Å². The van der Waals surface area contributed by atoms with E-state index >= 15 is 0 Å². The predicted molar refractivity (Wildman–Crippen MR) is 170 cm³/mol. The molecule has 244 valence electrons. The Hall–Kier alpha value is -4.11. The van der Waals surface area contributed by atoms with Crippen molar-refractivity contribution in [1.29, 1.82) is 0 Å². The Kier molecular flexibility index (Phi) is 11.4. The zero-order chi connectivity index (χ0) is 32.7. The summed E-state index contributed by atoms with van der Waals surface area (Å²) in [4.78, 5) is 81.0. The zero-order valence-electron chi connectivity index (χ0n) is 25.8. The molecule has 15 heteroatoms. The molecule has 45 heavy (non-hydrogen) atoms. The van der Waals surface area contributed by atoms with Crippen LogP contribution in [0.3, 0.4) is 0 Å². The van der Waals surface area contributed by atoms with E-state index in [1.54, 1.807) is 20.0 Å². The molecule has 6 amide bonds. The summed E-state index contributed by atoms with van der Waals surface area (Å²) in [5.74, 6) is -3.03. The third-order valence-electron chi connectivity index (χ3n) is 7.78. The molecule has 0 aliphatic carbocycles. The number of benzene rings is 1. The van der Waals surface area contributed by atoms with E-state index in [0.717, 1.165) is 16.5 Å². The van der Waals surface area contributed by atoms with Crippen molar-refractivity contribution in [2.24, 2.45) is 11.8 Å². The van der Waals surface area contributed by atoms with Gasteiger partial charge in [0.05, 0.1) is 37.1 Å². The summed E-state index contributed by atoms with van der Waals surface area (Å²) < 4.78 is 0. The maximum Gasteiger partial charge on any atom is 0.243 e. The molecule has 2 aliphatic rings. The van der Waals surface area contributed by atoms with Crippen LogP contribution in [0.15, 0.2) is 30.5 Å². The Morgan fingerprint density at radius 1 is 0.756 bits per heavy atom.